The number of H-pyrrole nitrogens is 1. The molecular formula is C50H49ClN14O8. The number of halogens is 1. The van der Waals surface area contributed by atoms with Crippen LogP contribution in [0.5, 0.6) is 5.75 Å². The van der Waals surface area contributed by atoms with Gasteiger partial charge in [0, 0.05) is 119 Å². The molecule has 7 amide bonds. The first-order valence-corrected chi connectivity index (χ1v) is 23.4. The van der Waals surface area contributed by atoms with Crippen LogP contribution in [0.25, 0.3) is 21.7 Å². The summed E-state index contributed by atoms with van der Waals surface area (Å²) < 4.78 is 5.97. The lowest BCUT2D eigenvalue weighted by Gasteiger charge is -2.17. The van der Waals surface area contributed by atoms with E-state index in [0.29, 0.717) is 63.6 Å². The van der Waals surface area contributed by atoms with Crippen molar-refractivity contribution in [1.29, 1.82) is 0 Å². The van der Waals surface area contributed by atoms with Gasteiger partial charge in [-0.2, -0.15) is 0 Å². The number of anilines is 6. The van der Waals surface area contributed by atoms with E-state index in [0.717, 1.165) is 10.9 Å². The van der Waals surface area contributed by atoms with E-state index in [1.54, 1.807) is 86.4 Å². The molecule has 6 heterocycles. The van der Waals surface area contributed by atoms with Gasteiger partial charge in [-0.15, -0.1) is 11.6 Å². The third kappa shape index (κ3) is 10.1. The predicted molar refractivity (Wildman–Crippen MR) is 275 cm³/mol. The highest BCUT2D eigenvalue weighted by Crippen LogP contribution is 2.45. The van der Waals surface area contributed by atoms with Gasteiger partial charge >= 0.3 is 0 Å². The lowest BCUT2D eigenvalue weighted by atomic mass is 9.95. The van der Waals surface area contributed by atoms with E-state index < -0.39 is 23.6 Å². The molecule has 0 spiro atoms. The van der Waals surface area contributed by atoms with E-state index >= 15 is 0 Å². The topological polar surface area (TPSA) is 276 Å². The Kier molecular flexibility index (Phi) is 13.3. The number of hydrogen-bond acceptors (Lipinski definition) is 10. The minimum absolute atomic E-state index is 0.00638. The maximum atomic E-state index is 14.0. The Bertz CT molecular complexity index is 3560. The molecule has 23 heteroatoms. The van der Waals surface area contributed by atoms with Gasteiger partial charge in [0.25, 0.3) is 29.5 Å². The Labute approximate surface area is 420 Å². The average molecular weight is 1010 g/mol. The van der Waals surface area contributed by atoms with Crippen LogP contribution in [0.3, 0.4) is 0 Å². The molecule has 5 aromatic heterocycles. The minimum Gasteiger partial charge on any atom is -0.507 e. The molecule has 73 heavy (non-hydrogen) atoms. The number of benzene rings is 3. The zero-order valence-electron chi connectivity index (χ0n) is 40.1. The molecule has 1 aliphatic heterocycles. The SMILES string of the molecule is CC(=O)Nc1cn(C)c(C(=O)Nc2cn(C)c(C(=O)Nc3cc(C(=O)NCCCC(=O)Nc4cc(C(=O)Nc5ccc6[nH]c(C(=O)N7CC(CCl)c8c7cc(O)c7ccccc87)cc6c5)n(C)c4)n(C)c3)n2)n1. The summed E-state index contributed by atoms with van der Waals surface area (Å²) in [5, 5.41) is 29.4. The summed E-state index contributed by atoms with van der Waals surface area (Å²) in [6.45, 7) is 1.84. The van der Waals surface area contributed by atoms with E-state index in [1.807, 2.05) is 24.3 Å². The number of phenols is 1. The van der Waals surface area contributed by atoms with Gasteiger partial charge in [0.1, 0.15) is 22.8 Å². The molecular weight excluding hydrogens is 960 g/mol. The van der Waals surface area contributed by atoms with Crippen molar-refractivity contribution in [3.63, 3.8) is 0 Å². The zero-order valence-corrected chi connectivity index (χ0v) is 40.8. The number of rotatable bonds is 15. The second-order valence-corrected chi connectivity index (χ2v) is 18.0. The molecule has 9 rings (SSSR count). The van der Waals surface area contributed by atoms with Gasteiger partial charge in [0.15, 0.2) is 11.6 Å². The molecule has 0 radical (unpaired) electrons. The summed E-state index contributed by atoms with van der Waals surface area (Å²) in [5.41, 5.74) is 4.26. The minimum atomic E-state index is -0.613. The monoisotopic (exact) mass is 1010 g/mol. The van der Waals surface area contributed by atoms with Crippen LogP contribution in [0, 0.1) is 0 Å². The number of phenolic OH excluding ortho intramolecular Hbond substituents is 1. The van der Waals surface area contributed by atoms with Crippen LogP contribution in [0.4, 0.5) is 34.4 Å². The van der Waals surface area contributed by atoms with Gasteiger partial charge in [0.2, 0.25) is 23.5 Å². The number of imidazole rings is 2. The molecule has 1 aliphatic rings. The van der Waals surface area contributed by atoms with E-state index in [-0.39, 0.29) is 77.0 Å². The molecule has 1 atom stereocenters. The van der Waals surface area contributed by atoms with Crippen LogP contribution < -0.4 is 36.8 Å². The second-order valence-electron chi connectivity index (χ2n) is 17.6. The number of alkyl halides is 1. The number of nitrogens with one attached hydrogen (secondary N) is 7. The molecule has 0 saturated heterocycles. The Morgan fingerprint density at radius 3 is 1.97 bits per heavy atom. The van der Waals surface area contributed by atoms with Gasteiger partial charge < -0.3 is 65.2 Å². The maximum absolute atomic E-state index is 14.0. The third-order valence-electron chi connectivity index (χ3n) is 12.3. The molecule has 374 valence electrons. The van der Waals surface area contributed by atoms with Crippen LogP contribution in [0.15, 0.2) is 91.5 Å². The zero-order chi connectivity index (χ0) is 51.8. The summed E-state index contributed by atoms with van der Waals surface area (Å²) in [6.07, 6.45) is 6.46. The highest BCUT2D eigenvalue weighted by Gasteiger charge is 2.35. The standard InChI is InChI=1S/C50H49ClN14O8/c1-26(66)53-40-24-63(4)45(58-40)49(72)60-41-25-64(5)44(59-41)48(71)56-31-18-37(61(2)23-31)46(69)52-14-8-11-42(68)54-30-17-38(62(3)22-30)47(70)55-29-12-13-34-27(15-29)16-35(57-34)50(73)65-21-28(20-51)43-33-10-7-6-9-32(33)39(67)19-36(43)65/h6-7,9-10,12-13,15-19,22-25,28,57,67H,8,11,14,20-21H2,1-5H3,(H,52,69)(H,53,66)(H,54,68)(H,55,70)(H,56,71)(H,60,72). The fraction of sp³-hybridized carbons (Fsp3) is 0.220. The lowest BCUT2D eigenvalue weighted by Crippen LogP contribution is -2.30. The molecule has 3 aromatic carbocycles. The third-order valence-corrected chi connectivity index (χ3v) is 12.6. The van der Waals surface area contributed by atoms with Crippen molar-refractivity contribution < 1.29 is 38.7 Å². The first kappa shape index (κ1) is 48.8. The van der Waals surface area contributed by atoms with Crippen molar-refractivity contribution in [2.75, 3.05) is 50.5 Å². The van der Waals surface area contributed by atoms with Crippen molar-refractivity contribution >= 4 is 109 Å². The quantitative estimate of drug-likeness (QED) is 0.0437. The number of hydrogen-bond donors (Lipinski definition) is 8. The fourth-order valence-corrected chi connectivity index (χ4v) is 9.16. The van der Waals surface area contributed by atoms with E-state index in [2.05, 4.69) is 46.9 Å². The first-order valence-electron chi connectivity index (χ1n) is 22.9. The number of aromatic amines is 1. The van der Waals surface area contributed by atoms with E-state index in [9.17, 15) is 38.7 Å². The van der Waals surface area contributed by atoms with Crippen LogP contribution >= 0.6 is 11.6 Å². The number of aromatic hydroxyl groups is 1. The highest BCUT2D eigenvalue weighted by atomic mass is 35.5. The lowest BCUT2D eigenvalue weighted by molar-refractivity contribution is -0.116. The highest BCUT2D eigenvalue weighted by molar-refractivity contribution is 6.19. The van der Waals surface area contributed by atoms with Gasteiger partial charge in [-0.05, 0) is 53.8 Å². The molecule has 0 bridgehead atoms. The van der Waals surface area contributed by atoms with Crippen molar-refractivity contribution in [3.05, 3.63) is 126 Å². The number of nitrogens with zero attached hydrogens (tertiary/aromatic N) is 7. The smallest absolute Gasteiger partial charge is 0.292 e. The average Bonchev–Trinajstić information content (AvgIpc) is 4.22. The predicted octanol–water partition coefficient (Wildman–Crippen LogP) is 6.02. The van der Waals surface area contributed by atoms with Crippen LogP contribution in [-0.4, -0.2) is 98.6 Å². The molecule has 0 aliphatic carbocycles. The van der Waals surface area contributed by atoms with Gasteiger partial charge in [0.05, 0.1) is 17.1 Å². The van der Waals surface area contributed by atoms with Crippen molar-refractivity contribution in [2.24, 2.45) is 28.2 Å². The Hall–Kier alpha value is -9.18. The number of aromatic nitrogens is 7. The summed E-state index contributed by atoms with van der Waals surface area (Å²) in [7, 11) is 6.48. The van der Waals surface area contributed by atoms with E-state index in [4.69, 9.17) is 11.6 Å². The second kappa shape index (κ2) is 19.9. The molecule has 8 aromatic rings. The normalized spacial score (nSPS) is 13.0. The summed E-state index contributed by atoms with van der Waals surface area (Å²) in [5.74, 6) is -2.52. The number of aryl methyl sites for hydroxylation is 4. The van der Waals surface area contributed by atoms with Crippen LogP contribution in [0.1, 0.15) is 84.0 Å². The van der Waals surface area contributed by atoms with Crippen LogP contribution in [0.2, 0.25) is 0 Å². The number of amides is 7. The molecule has 0 fully saturated rings. The maximum Gasteiger partial charge on any atom is 0.292 e. The van der Waals surface area contributed by atoms with Crippen LogP contribution in [-0.2, 0) is 37.8 Å². The largest absolute Gasteiger partial charge is 0.507 e. The Balaban J connectivity index is 0.740. The molecule has 8 N–H and O–H groups in total. The number of carbonyl (C=O) groups is 7. The van der Waals surface area contributed by atoms with Crippen molar-refractivity contribution in [3.8, 4) is 5.75 Å². The summed E-state index contributed by atoms with van der Waals surface area (Å²) in [4.78, 5) is 104. The number of fused-ring (bicyclic) bond motifs is 4. The fourth-order valence-electron chi connectivity index (χ4n) is 8.91. The molecule has 1 unspecified atom stereocenters. The first-order chi connectivity index (χ1) is 34.9. The summed E-state index contributed by atoms with van der Waals surface area (Å²) >= 11 is 6.40. The summed E-state index contributed by atoms with van der Waals surface area (Å²) in [6, 6.07) is 19.1. The van der Waals surface area contributed by atoms with Gasteiger partial charge in [-0.25, -0.2) is 9.97 Å². The van der Waals surface area contributed by atoms with Gasteiger partial charge in [-0.1, -0.05) is 24.3 Å². The number of carbonyl (C=O) groups excluding carboxylic acids is 7. The van der Waals surface area contributed by atoms with Crippen molar-refractivity contribution in [1.82, 2.24) is 38.5 Å². The van der Waals surface area contributed by atoms with Crippen molar-refractivity contribution in [2.45, 2.75) is 25.7 Å². The Morgan fingerprint density at radius 2 is 1.30 bits per heavy atom. The molecule has 0 saturated carbocycles. The van der Waals surface area contributed by atoms with E-state index in [1.165, 1.54) is 39.1 Å². The van der Waals surface area contributed by atoms with Gasteiger partial charge in [-0.3, -0.25) is 33.6 Å². The molecule has 22 nitrogen and oxygen atoms in total. The Morgan fingerprint density at radius 1 is 0.685 bits per heavy atom.